The molecule has 0 aromatic heterocycles. The number of rotatable bonds is 6. The molecule has 2 aromatic rings. The molecule has 2 fully saturated rings. The highest BCUT2D eigenvalue weighted by atomic mass is 32.2. The first kappa shape index (κ1) is 20.6. The highest BCUT2D eigenvalue weighted by Crippen LogP contribution is 2.66. The van der Waals surface area contributed by atoms with Crippen molar-refractivity contribution in [2.45, 2.75) is 50.6 Å². The van der Waals surface area contributed by atoms with Crippen LogP contribution in [0.25, 0.3) is 0 Å². The number of aliphatic hydroxyl groups excluding tert-OH is 2. The molecule has 2 N–H and O–H groups in total. The molecule has 0 unspecified atom stereocenters. The molecule has 4 rings (SSSR count). The minimum atomic E-state index is -3.76. The van der Waals surface area contributed by atoms with Crippen LogP contribution in [0.5, 0.6) is 0 Å². The third kappa shape index (κ3) is 3.24. The van der Waals surface area contributed by atoms with Gasteiger partial charge in [0.2, 0.25) is 0 Å². The highest BCUT2D eigenvalue weighted by molar-refractivity contribution is 7.91. The van der Waals surface area contributed by atoms with Crippen LogP contribution in [0.15, 0.2) is 60.7 Å². The maximum absolute atomic E-state index is 13.8. The topological polar surface area (TPSA) is 74.6 Å². The van der Waals surface area contributed by atoms with Gasteiger partial charge in [0.15, 0.2) is 9.84 Å². The largest absolute Gasteiger partial charge is 0.392 e. The molecular formula is C24H30O4S. The van der Waals surface area contributed by atoms with E-state index in [2.05, 4.69) is 13.8 Å². The summed E-state index contributed by atoms with van der Waals surface area (Å²) in [5.74, 6) is 0.246. The number of hydrogen-bond donors (Lipinski definition) is 2. The molecule has 2 aliphatic rings. The van der Waals surface area contributed by atoms with Gasteiger partial charge in [0.25, 0.3) is 0 Å². The van der Waals surface area contributed by atoms with Crippen LogP contribution in [-0.4, -0.2) is 30.5 Å². The maximum atomic E-state index is 13.8. The first-order valence-corrected chi connectivity index (χ1v) is 12.1. The van der Waals surface area contributed by atoms with E-state index in [4.69, 9.17) is 0 Å². The zero-order valence-electron chi connectivity index (χ0n) is 17.0. The molecule has 0 amide bonds. The van der Waals surface area contributed by atoms with Crippen molar-refractivity contribution < 1.29 is 18.6 Å². The molecular weight excluding hydrogens is 384 g/mol. The summed E-state index contributed by atoms with van der Waals surface area (Å²) in [6.07, 6.45) is 0.556. The first-order valence-electron chi connectivity index (χ1n) is 10.4. The summed E-state index contributed by atoms with van der Waals surface area (Å²) >= 11 is 0. The Morgan fingerprint density at radius 3 is 2.03 bits per heavy atom. The fraction of sp³-hybridized carbons (Fsp3) is 0.500. The SMILES string of the molecule is CC1(C)[C@@H]2CC[C@@]1(CS(=O)(=O)[C@@H](c1ccccc1)[C@@H](O)c1ccccc1)[C@H](O)C2. The van der Waals surface area contributed by atoms with Gasteiger partial charge in [-0.05, 0) is 41.7 Å². The fourth-order valence-electron chi connectivity index (χ4n) is 5.88. The van der Waals surface area contributed by atoms with Crippen molar-refractivity contribution >= 4 is 9.84 Å². The van der Waals surface area contributed by atoms with Crippen molar-refractivity contribution in [3.05, 3.63) is 71.8 Å². The Morgan fingerprint density at radius 2 is 1.55 bits per heavy atom. The van der Waals surface area contributed by atoms with E-state index in [0.717, 1.165) is 6.42 Å². The quantitative estimate of drug-likeness (QED) is 0.747. The third-order valence-corrected chi connectivity index (χ3v) is 10.0. The summed E-state index contributed by atoms with van der Waals surface area (Å²) in [5.41, 5.74) is 0.274. The lowest BCUT2D eigenvalue weighted by molar-refractivity contribution is 0.0149. The van der Waals surface area contributed by atoms with Crippen molar-refractivity contribution in [2.75, 3.05) is 5.75 Å². The number of fused-ring (bicyclic) bond motifs is 2. The summed E-state index contributed by atoms with van der Waals surface area (Å²) in [6, 6.07) is 17.9. The van der Waals surface area contributed by atoms with Gasteiger partial charge in [0, 0.05) is 5.41 Å². The molecule has 2 aliphatic carbocycles. The summed E-state index contributed by atoms with van der Waals surface area (Å²) in [7, 11) is -3.76. The summed E-state index contributed by atoms with van der Waals surface area (Å²) in [5, 5.41) is 20.9. The monoisotopic (exact) mass is 414 g/mol. The van der Waals surface area contributed by atoms with Gasteiger partial charge in [-0.1, -0.05) is 74.5 Å². The molecule has 0 heterocycles. The van der Waals surface area contributed by atoms with Crippen LogP contribution in [0, 0.1) is 16.7 Å². The Hall–Kier alpha value is -1.69. The van der Waals surface area contributed by atoms with E-state index >= 15 is 0 Å². The van der Waals surface area contributed by atoms with Gasteiger partial charge in [-0.3, -0.25) is 0 Å². The standard InChI is InChI=1S/C24H30O4S/c1-23(2)19-13-14-24(23,20(25)15-19)16-29(27,28)22(18-11-7-4-8-12-18)21(26)17-9-5-3-6-10-17/h3-12,19-22,25-26H,13-16H2,1-2H3/t19-,20-,21+,22+,24-/m1/s1. The molecule has 156 valence electrons. The van der Waals surface area contributed by atoms with Crippen LogP contribution in [0.4, 0.5) is 0 Å². The Kier molecular flexibility index (Phi) is 5.12. The van der Waals surface area contributed by atoms with Crippen molar-refractivity contribution in [2.24, 2.45) is 16.7 Å². The van der Waals surface area contributed by atoms with E-state index in [-0.39, 0.29) is 11.2 Å². The van der Waals surface area contributed by atoms with Crippen LogP contribution in [-0.2, 0) is 9.84 Å². The molecule has 29 heavy (non-hydrogen) atoms. The fourth-order valence-corrected chi connectivity index (χ4v) is 8.61. The average Bonchev–Trinajstić information content (AvgIpc) is 3.03. The van der Waals surface area contributed by atoms with Crippen LogP contribution in [0.1, 0.15) is 55.6 Å². The molecule has 5 heteroatoms. The van der Waals surface area contributed by atoms with E-state index < -0.39 is 32.7 Å². The van der Waals surface area contributed by atoms with Gasteiger partial charge in [0.05, 0.1) is 18.0 Å². The zero-order valence-corrected chi connectivity index (χ0v) is 17.8. The number of hydrogen-bond acceptors (Lipinski definition) is 4. The highest BCUT2D eigenvalue weighted by Gasteiger charge is 2.65. The van der Waals surface area contributed by atoms with E-state index in [9.17, 15) is 18.6 Å². The van der Waals surface area contributed by atoms with Crippen molar-refractivity contribution in [3.8, 4) is 0 Å². The Labute approximate surface area is 173 Å². The molecule has 5 atom stereocenters. The second-order valence-corrected chi connectivity index (χ2v) is 11.5. The molecule has 0 saturated heterocycles. The minimum absolute atomic E-state index is 0.103. The van der Waals surface area contributed by atoms with Gasteiger partial charge >= 0.3 is 0 Å². The van der Waals surface area contributed by atoms with Gasteiger partial charge in [-0.2, -0.15) is 0 Å². The van der Waals surface area contributed by atoms with Crippen LogP contribution in [0.3, 0.4) is 0 Å². The van der Waals surface area contributed by atoms with E-state index in [1.54, 1.807) is 48.5 Å². The molecule has 0 aliphatic heterocycles. The molecule has 2 saturated carbocycles. The van der Waals surface area contributed by atoms with Gasteiger partial charge < -0.3 is 10.2 Å². The van der Waals surface area contributed by atoms with Gasteiger partial charge in [-0.15, -0.1) is 0 Å². The van der Waals surface area contributed by atoms with Crippen molar-refractivity contribution in [1.82, 2.24) is 0 Å². The third-order valence-electron chi connectivity index (χ3n) is 7.79. The summed E-state index contributed by atoms with van der Waals surface area (Å²) in [6.45, 7) is 4.20. The van der Waals surface area contributed by atoms with Crippen LogP contribution >= 0.6 is 0 Å². The van der Waals surface area contributed by atoms with Crippen molar-refractivity contribution in [1.29, 1.82) is 0 Å². The molecule has 2 bridgehead atoms. The number of aliphatic hydroxyl groups is 2. The second-order valence-electron chi connectivity index (χ2n) is 9.36. The smallest absolute Gasteiger partial charge is 0.160 e. The molecule has 2 aromatic carbocycles. The van der Waals surface area contributed by atoms with Crippen LogP contribution < -0.4 is 0 Å². The Morgan fingerprint density at radius 1 is 1.00 bits per heavy atom. The minimum Gasteiger partial charge on any atom is -0.392 e. The Balaban J connectivity index is 1.76. The lowest BCUT2D eigenvalue weighted by Crippen LogP contribution is -2.45. The van der Waals surface area contributed by atoms with Crippen molar-refractivity contribution in [3.63, 3.8) is 0 Å². The van der Waals surface area contributed by atoms with E-state index in [1.165, 1.54) is 0 Å². The lowest BCUT2D eigenvalue weighted by atomic mass is 9.70. The van der Waals surface area contributed by atoms with Crippen LogP contribution in [0.2, 0.25) is 0 Å². The average molecular weight is 415 g/mol. The Bertz CT molecular complexity index is 955. The predicted octanol–water partition coefficient (Wildman–Crippen LogP) is 4.06. The van der Waals surface area contributed by atoms with E-state index in [0.29, 0.717) is 29.9 Å². The second kappa shape index (κ2) is 7.22. The number of benzene rings is 2. The molecule has 0 spiro atoms. The predicted molar refractivity (Wildman–Crippen MR) is 114 cm³/mol. The summed E-state index contributed by atoms with van der Waals surface area (Å²) < 4.78 is 27.7. The zero-order chi connectivity index (χ0) is 20.9. The molecule has 4 nitrogen and oxygen atoms in total. The lowest BCUT2D eigenvalue weighted by Gasteiger charge is -2.41. The van der Waals surface area contributed by atoms with Gasteiger partial charge in [0.1, 0.15) is 5.25 Å². The number of sulfone groups is 1. The first-order chi connectivity index (χ1) is 13.7. The summed E-state index contributed by atoms with van der Waals surface area (Å²) in [4.78, 5) is 0. The molecule has 0 radical (unpaired) electrons. The normalized spacial score (nSPS) is 30.2. The van der Waals surface area contributed by atoms with Gasteiger partial charge in [-0.25, -0.2) is 8.42 Å². The maximum Gasteiger partial charge on any atom is 0.160 e. The van der Waals surface area contributed by atoms with E-state index in [1.807, 2.05) is 12.1 Å².